The molecule has 0 saturated heterocycles. The number of nitrogens with zero attached hydrogens (tertiary/aromatic N) is 3. The van der Waals surface area contributed by atoms with Crippen molar-refractivity contribution in [1.82, 2.24) is 14.5 Å². The second-order valence-electron chi connectivity index (χ2n) is 4.77. The fourth-order valence-electron chi connectivity index (χ4n) is 1.84. The van der Waals surface area contributed by atoms with E-state index < -0.39 is 0 Å². The van der Waals surface area contributed by atoms with Crippen LogP contribution in [0.2, 0.25) is 5.15 Å². The zero-order valence-corrected chi connectivity index (χ0v) is 13.0. The normalized spacial score (nSPS) is 11.3. The summed E-state index contributed by atoms with van der Waals surface area (Å²) in [5.74, 6) is 0.830. The molecule has 0 aliphatic carbocycles. The van der Waals surface area contributed by atoms with Crippen molar-refractivity contribution in [1.29, 1.82) is 0 Å². The maximum absolute atomic E-state index is 12.1. The minimum absolute atomic E-state index is 0.130. The summed E-state index contributed by atoms with van der Waals surface area (Å²) in [6.07, 6.45) is 0. The molecule has 4 nitrogen and oxygen atoms in total. The summed E-state index contributed by atoms with van der Waals surface area (Å²) in [5.41, 5.74) is 0.885. The first-order valence-electron chi connectivity index (χ1n) is 6.08. The maximum Gasteiger partial charge on any atom is 0.255 e. The number of thiazole rings is 1. The molecule has 0 N–H and O–H groups in total. The quantitative estimate of drug-likeness (QED) is 0.818. The molecule has 0 saturated carbocycles. The molecule has 102 valence electrons. The second kappa shape index (κ2) is 5.43. The standard InChI is InChI=1S/C13H16ClN3OS/c1-7(2)13-16-10(14)5-12(18)17(13)6-11-15-8(3)9(4)19-11/h5,7H,6H2,1-4H3. The molecule has 0 spiro atoms. The summed E-state index contributed by atoms with van der Waals surface area (Å²) in [5, 5.41) is 1.17. The minimum Gasteiger partial charge on any atom is -0.289 e. The topological polar surface area (TPSA) is 47.8 Å². The van der Waals surface area contributed by atoms with Gasteiger partial charge in [-0.3, -0.25) is 9.36 Å². The average Bonchev–Trinajstić information content (AvgIpc) is 2.61. The van der Waals surface area contributed by atoms with E-state index in [9.17, 15) is 4.79 Å². The van der Waals surface area contributed by atoms with E-state index in [1.165, 1.54) is 10.9 Å². The van der Waals surface area contributed by atoms with Gasteiger partial charge in [0.15, 0.2) is 0 Å². The van der Waals surface area contributed by atoms with E-state index in [0.717, 1.165) is 10.7 Å². The van der Waals surface area contributed by atoms with E-state index >= 15 is 0 Å². The molecular weight excluding hydrogens is 282 g/mol. The van der Waals surface area contributed by atoms with Gasteiger partial charge in [-0.05, 0) is 13.8 Å². The molecule has 2 aromatic rings. The summed E-state index contributed by atoms with van der Waals surface area (Å²) in [6, 6.07) is 1.35. The lowest BCUT2D eigenvalue weighted by Crippen LogP contribution is -2.25. The summed E-state index contributed by atoms with van der Waals surface area (Å²) < 4.78 is 1.65. The Balaban J connectivity index is 2.47. The summed E-state index contributed by atoms with van der Waals surface area (Å²) >= 11 is 7.47. The van der Waals surface area contributed by atoms with Gasteiger partial charge in [0.1, 0.15) is 16.0 Å². The fraction of sp³-hybridized carbons (Fsp3) is 0.462. The molecule has 2 rings (SSSR count). The fourth-order valence-corrected chi connectivity index (χ4v) is 2.94. The molecule has 0 fully saturated rings. The van der Waals surface area contributed by atoms with Crippen LogP contribution in [-0.2, 0) is 6.54 Å². The van der Waals surface area contributed by atoms with Crippen LogP contribution in [0, 0.1) is 13.8 Å². The Morgan fingerprint density at radius 1 is 1.37 bits per heavy atom. The van der Waals surface area contributed by atoms with Crippen molar-refractivity contribution in [3.63, 3.8) is 0 Å². The molecule has 0 aliphatic heterocycles. The van der Waals surface area contributed by atoms with Gasteiger partial charge < -0.3 is 0 Å². The third-order valence-electron chi connectivity index (χ3n) is 2.89. The van der Waals surface area contributed by atoms with Crippen LogP contribution in [-0.4, -0.2) is 14.5 Å². The SMILES string of the molecule is Cc1nc(Cn2c(C(C)C)nc(Cl)cc2=O)sc1C. The molecule has 2 heterocycles. The zero-order chi connectivity index (χ0) is 14.2. The number of hydrogen-bond acceptors (Lipinski definition) is 4. The average molecular weight is 298 g/mol. The van der Waals surface area contributed by atoms with E-state index in [4.69, 9.17) is 11.6 Å². The van der Waals surface area contributed by atoms with Gasteiger partial charge in [-0.2, -0.15) is 0 Å². The Morgan fingerprint density at radius 2 is 2.05 bits per heavy atom. The Morgan fingerprint density at radius 3 is 2.58 bits per heavy atom. The number of aryl methyl sites for hydroxylation is 2. The highest BCUT2D eigenvalue weighted by Crippen LogP contribution is 2.19. The molecule has 0 amide bonds. The molecule has 0 aliphatic rings. The Kier molecular flexibility index (Phi) is 4.06. The summed E-state index contributed by atoms with van der Waals surface area (Å²) in [6.45, 7) is 8.44. The molecule has 0 aromatic carbocycles. The molecule has 19 heavy (non-hydrogen) atoms. The smallest absolute Gasteiger partial charge is 0.255 e. The lowest BCUT2D eigenvalue weighted by Gasteiger charge is -2.13. The molecule has 6 heteroatoms. The van der Waals surface area contributed by atoms with Crippen molar-refractivity contribution in [2.45, 2.75) is 40.2 Å². The molecule has 0 bridgehead atoms. The number of aromatic nitrogens is 3. The van der Waals surface area contributed by atoms with Crippen LogP contribution >= 0.6 is 22.9 Å². The Bertz CT molecular complexity index is 641. The van der Waals surface area contributed by atoms with Crippen LogP contribution in [0.25, 0.3) is 0 Å². The van der Waals surface area contributed by atoms with E-state index in [1.807, 2.05) is 27.7 Å². The first-order chi connectivity index (χ1) is 8.88. The lowest BCUT2D eigenvalue weighted by atomic mass is 10.2. The second-order valence-corrected chi connectivity index (χ2v) is 6.44. The van der Waals surface area contributed by atoms with Crippen molar-refractivity contribution in [3.8, 4) is 0 Å². The highest BCUT2D eigenvalue weighted by Gasteiger charge is 2.13. The van der Waals surface area contributed by atoms with Gasteiger partial charge in [0.05, 0.1) is 12.2 Å². The monoisotopic (exact) mass is 297 g/mol. The molecule has 0 atom stereocenters. The molecule has 2 aromatic heterocycles. The van der Waals surface area contributed by atoms with Crippen LogP contribution in [0.5, 0.6) is 0 Å². The van der Waals surface area contributed by atoms with E-state index in [-0.39, 0.29) is 16.6 Å². The predicted molar refractivity (Wildman–Crippen MR) is 78.3 cm³/mol. The summed E-state index contributed by atoms with van der Waals surface area (Å²) in [7, 11) is 0. The summed E-state index contributed by atoms with van der Waals surface area (Å²) in [4.78, 5) is 22.0. The van der Waals surface area contributed by atoms with Gasteiger partial charge >= 0.3 is 0 Å². The van der Waals surface area contributed by atoms with Gasteiger partial charge in [0.25, 0.3) is 5.56 Å². The zero-order valence-electron chi connectivity index (χ0n) is 11.4. The number of rotatable bonds is 3. The van der Waals surface area contributed by atoms with Crippen molar-refractivity contribution in [3.05, 3.63) is 43.0 Å². The lowest BCUT2D eigenvalue weighted by molar-refractivity contribution is 0.622. The van der Waals surface area contributed by atoms with Crippen molar-refractivity contribution >= 4 is 22.9 Å². The van der Waals surface area contributed by atoms with Crippen LogP contribution < -0.4 is 5.56 Å². The van der Waals surface area contributed by atoms with Gasteiger partial charge in [-0.25, -0.2) is 9.97 Å². The molecule has 0 radical (unpaired) electrons. The van der Waals surface area contributed by atoms with Gasteiger partial charge in [0, 0.05) is 16.9 Å². The van der Waals surface area contributed by atoms with Crippen LogP contribution in [0.3, 0.4) is 0 Å². The molecular formula is C13H16ClN3OS. The highest BCUT2D eigenvalue weighted by atomic mass is 35.5. The number of hydrogen-bond donors (Lipinski definition) is 0. The number of halogens is 1. The van der Waals surface area contributed by atoms with Crippen LogP contribution in [0.15, 0.2) is 10.9 Å². The highest BCUT2D eigenvalue weighted by molar-refractivity contribution is 7.11. The van der Waals surface area contributed by atoms with Crippen molar-refractivity contribution < 1.29 is 0 Å². The van der Waals surface area contributed by atoms with E-state index in [0.29, 0.717) is 12.4 Å². The third kappa shape index (κ3) is 3.04. The van der Waals surface area contributed by atoms with Crippen LogP contribution in [0.4, 0.5) is 0 Å². The first kappa shape index (κ1) is 14.2. The van der Waals surface area contributed by atoms with Gasteiger partial charge in [-0.15, -0.1) is 11.3 Å². The first-order valence-corrected chi connectivity index (χ1v) is 7.28. The predicted octanol–water partition coefficient (Wildman–Crippen LogP) is 3.14. The van der Waals surface area contributed by atoms with E-state index in [2.05, 4.69) is 9.97 Å². The molecule has 0 unspecified atom stereocenters. The Hall–Kier alpha value is -1.20. The van der Waals surface area contributed by atoms with E-state index in [1.54, 1.807) is 15.9 Å². The van der Waals surface area contributed by atoms with Crippen molar-refractivity contribution in [2.24, 2.45) is 0 Å². The van der Waals surface area contributed by atoms with Crippen molar-refractivity contribution in [2.75, 3.05) is 0 Å². The van der Waals surface area contributed by atoms with Crippen LogP contribution in [0.1, 0.15) is 41.2 Å². The van der Waals surface area contributed by atoms with Gasteiger partial charge in [0.2, 0.25) is 0 Å². The van der Waals surface area contributed by atoms with Gasteiger partial charge in [-0.1, -0.05) is 25.4 Å². The maximum atomic E-state index is 12.1. The third-order valence-corrected chi connectivity index (χ3v) is 4.14. The Labute approximate surface area is 121 Å². The minimum atomic E-state index is -0.130. The largest absolute Gasteiger partial charge is 0.289 e.